The molecule has 0 saturated carbocycles. The minimum atomic E-state index is -0.492. The van der Waals surface area contributed by atoms with Gasteiger partial charge in [-0.25, -0.2) is 4.39 Å². The Labute approximate surface area is 151 Å². The Kier molecular flexibility index (Phi) is 3.96. The van der Waals surface area contributed by atoms with Crippen molar-refractivity contribution in [1.29, 1.82) is 0 Å². The molecule has 4 rings (SSSR count). The number of methoxy groups -OCH3 is 1. The first-order valence-electron chi connectivity index (χ1n) is 7.51. The van der Waals surface area contributed by atoms with Crippen LogP contribution >= 0.6 is 11.8 Å². The van der Waals surface area contributed by atoms with E-state index in [0.717, 1.165) is 11.8 Å². The molecule has 2 amide bonds. The van der Waals surface area contributed by atoms with Crippen molar-refractivity contribution >= 4 is 40.0 Å². The van der Waals surface area contributed by atoms with Crippen molar-refractivity contribution in [1.82, 2.24) is 10.3 Å². The van der Waals surface area contributed by atoms with Gasteiger partial charge in [0.2, 0.25) is 0 Å². The van der Waals surface area contributed by atoms with Crippen LogP contribution < -0.4 is 10.1 Å². The number of hydrogen-bond donors (Lipinski definition) is 1. The summed E-state index contributed by atoms with van der Waals surface area (Å²) in [7, 11) is 1.40. The van der Waals surface area contributed by atoms with E-state index in [1.807, 2.05) is 0 Å². The first-order chi connectivity index (χ1) is 12.5. The van der Waals surface area contributed by atoms with Gasteiger partial charge in [0.25, 0.3) is 11.1 Å². The van der Waals surface area contributed by atoms with Gasteiger partial charge in [-0.3, -0.25) is 19.9 Å². The summed E-state index contributed by atoms with van der Waals surface area (Å²) in [5, 5.41) is 2.46. The fraction of sp³-hybridized carbons (Fsp3) is 0.0556. The number of aromatic nitrogens is 1. The summed E-state index contributed by atoms with van der Waals surface area (Å²) < 4.78 is 24.8. The number of carbonyl (C=O) groups excluding carboxylic acids is 2. The zero-order valence-electron chi connectivity index (χ0n) is 13.4. The van der Waals surface area contributed by atoms with E-state index >= 15 is 0 Å². The van der Waals surface area contributed by atoms with Gasteiger partial charge in [0, 0.05) is 29.4 Å². The number of amides is 2. The minimum absolute atomic E-state index is 0.146. The molecule has 1 aromatic carbocycles. The fourth-order valence-electron chi connectivity index (χ4n) is 2.64. The molecule has 130 valence electrons. The van der Waals surface area contributed by atoms with E-state index in [2.05, 4.69) is 10.3 Å². The minimum Gasteiger partial charge on any atom is -0.494 e. The summed E-state index contributed by atoms with van der Waals surface area (Å²) in [6, 6.07) is 6.28. The van der Waals surface area contributed by atoms with Gasteiger partial charge in [-0.05, 0) is 35.5 Å². The van der Waals surface area contributed by atoms with Crippen LogP contribution in [0.1, 0.15) is 5.76 Å². The molecular formula is C18H11FN2O4S. The van der Waals surface area contributed by atoms with E-state index in [4.69, 9.17) is 9.15 Å². The molecule has 2 aromatic heterocycles. The van der Waals surface area contributed by atoms with E-state index in [9.17, 15) is 14.0 Å². The highest BCUT2D eigenvalue weighted by atomic mass is 32.2. The number of carbonyl (C=O) groups is 2. The SMILES string of the molecule is COc1ccc(-c2cncc3cc(C=C4SC(=O)NC4=O)oc23)cc1F. The van der Waals surface area contributed by atoms with Crippen LogP contribution in [0.2, 0.25) is 0 Å². The number of rotatable bonds is 3. The quantitative estimate of drug-likeness (QED) is 0.703. The van der Waals surface area contributed by atoms with Gasteiger partial charge in [0.15, 0.2) is 11.6 Å². The second kappa shape index (κ2) is 6.30. The highest BCUT2D eigenvalue weighted by molar-refractivity contribution is 8.18. The molecule has 0 atom stereocenters. The largest absolute Gasteiger partial charge is 0.494 e. The number of nitrogens with zero attached hydrogens (tertiary/aromatic N) is 1. The van der Waals surface area contributed by atoms with Crippen LogP contribution in [0, 0.1) is 5.82 Å². The van der Waals surface area contributed by atoms with Gasteiger partial charge < -0.3 is 9.15 Å². The van der Waals surface area contributed by atoms with E-state index in [1.54, 1.807) is 24.5 Å². The molecule has 26 heavy (non-hydrogen) atoms. The van der Waals surface area contributed by atoms with Crippen molar-refractivity contribution in [2.75, 3.05) is 7.11 Å². The summed E-state index contributed by atoms with van der Waals surface area (Å²) in [4.78, 5) is 27.3. The molecule has 6 nitrogen and oxygen atoms in total. The number of furan rings is 1. The standard InChI is InChI=1S/C18H11FN2O4S/c1-24-14-3-2-9(5-13(14)19)12-8-20-7-10-4-11(25-16(10)12)6-15-17(22)21-18(23)26-15/h2-8H,1H3,(H,21,22,23). The number of benzene rings is 1. The van der Waals surface area contributed by atoms with Gasteiger partial charge in [0.05, 0.1) is 12.0 Å². The third-order valence-corrected chi connectivity index (χ3v) is 4.63. The zero-order chi connectivity index (χ0) is 18.3. The van der Waals surface area contributed by atoms with Gasteiger partial charge in [0.1, 0.15) is 11.3 Å². The van der Waals surface area contributed by atoms with Crippen LogP contribution in [0.4, 0.5) is 9.18 Å². The highest BCUT2D eigenvalue weighted by Gasteiger charge is 2.25. The molecular weight excluding hydrogens is 359 g/mol. The highest BCUT2D eigenvalue weighted by Crippen LogP contribution is 2.34. The lowest BCUT2D eigenvalue weighted by Crippen LogP contribution is -2.17. The maximum atomic E-state index is 14.0. The maximum Gasteiger partial charge on any atom is 0.290 e. The monoisotopic (exact) mass is 370 g/mol. The normalized spacial score (nSPS) is 15.7. The number of hydrogen-bond acceptors (Lipinski definition) is 6. The number of thioether (sulfide) groups is 1. The Hall–Kier alpha value is -3.13. The Balaban J connectivity index is 1.79. The van der Waals surface area contributed by atoms with E-state index in [0.29, 0.717) is 27.9 Å². The first kappa shape index (κ1) is 16.3. The molecule has 0 radical (unpaired) electrons. The first-order valence-corrected chi connectivity index (χ1v) is 8.33. The zero-order valence-corrected chi connectivity index (χ0v) is 14.2. The number of halogens is 1. The fourth-order valence-corrected chi connectivity index (χ4v) is 3.31. The van der Waals surface area contributed by atoms with Gasteiger partial charge in [-0.2, -0.15) is 0 Å². The third kappa shape index (κ3) is 2.84. The van der Waals surface area contributed by atoms with Crippen molar-refractivity contribution < 1.29 is 23.1 Å². The molecule has 1 fully saturated rings. The Morgan fingerprint density at radius 3 is 2.81 bits per heavy atom. The predicted octanol–water partition coefficient (Wildman–Crippen LogP) is 3.97. The molecule has 1 saturated heterocycles. The summed E-state index contributed by atoms with van der Waals surface area (Å²) >= 11 is 0.807. The van der Waals surface area contributed by atoms with Crippen LogP contribution in [-0.4, -0.2) is 23.2 Å². The maximum absolute atomic E-state index is 14.0. The molecule has 0 unspecified atom stereocenters. The van der Waals surface area contributed by atoms with Crippen LogP contribution in [0.5, 0.6) is 5.75 Å². The van der Waals surface area contributed by atoms with Gasteiger partial charge in [-0.1, -0.05) is 6.07 Å². The smallest absolute Gasteiger partial charge is 0.290 e. The topological polar surface area (TPSA) is 81.4 Å². The van der Waals surface area contributed by atoms with Gasteiger partial charge >= 0.3 is 0 Å². The Morgan fingerprint density at radius 1 is 1.27 bits per heavy atom. The lowest BCUT2D eigenvalue weighted by molar-refractivity contribution is -0.115. The summed E-state index contributed by atoms with van der Waals surface area (Å²) in [6.45, 7) is 0. The second-order valence-electron chi connectivity index (χ2n) is 5.46. The van der Waals surface area contributed by atoms with Crippen LogP contribution in [-0.2, 0) is 4.79 Å². The molecule has 1 N–H and O–H groups in total. The second-order valence-corrected chi connectivity index (χ2v) is 6.47. The molecule has 0 bridgehead atoms. The average Bonchev–Trinajstić information content (AvgIpc) is 3.16. The molecule has 3 aromatic rings. The number of pyridine rings is 1. The lowest BCUT2D eigenvalue weighted by Gasteiger charge is -2.05. The van der Waals surface area contributed by atoms with Crippen molar-refractivity contribution in [2.24, 2.45) is 0 Å². The van der Waals surface area contributed by atoms with Crippen LogP contribution in [0.3, 0.4) is 0 Å². The molecule has 3 heterocycles. The lowest BCUT2D eigenvalue weighted by atomic mass is 10.1. The molecule has 0 aliphatic carbocycles. The predicted molar refractivity (Wildman–Crippen MR) is 95.1 cm³/mol. The molecule has 1 aliphatic heterocycles. The van der Waals surface area contributed by atoms with Crippen molar-refractivity contribution in [3.8, 4) is 16.9 Å². The Morgan fingerprint density at radius 2 is 2.12 bits per heavy atom. The summed E-state index contributed by atoms with van der Waals surface area (Å²) in [5.74, 6) is -0.409. The number of fused-ring (bicyclic) bond motifs is 1. The number of ether oxygens (including phenoxy) is 1. The molecule has 0 spiro atoms. The third-order valence-electron chi connectivity index (χ3n) is 3.82. The summed E-state index contributed by atoms with van der Waals surface area (Å²) in [5.41, 5.74) is 1.69. The number of imide groups is 1. The summed E-state index contributed by atoms with van der Waals surface area (Å²) in [6.07, 6.45) is 4.67. The van der Waals surface area contributed by atoms with Crippen LogP contribution in [0.25, 0.3) is 28.2 Å². The molecule has 1 aliphatic rings. The van der Waals surface area contributed by atoms with Crippen molar-refractivity contribution in [2.45, 2.75) is 0 Å². The molecule has 8 heteroatoms. The van der Waals surface area contributed by atoms with E-state index in [1.165, 1.54) is 25.3 Å². The van der Waals surface area contributed by atoms with E-state index < -0.39 is 17.0 Å². The van der Waals surface area contributed by atoms with Gasteiger partial charge in [-0.15, -0.1) is 0 Å². The van der Waals surface area contributed by atoms with Crippen molar-refractivity contribution in [3.63, 3.8) is 0 Å². The van der Waals surface area contributed by atoms with E-state index in [-0.39, 0.29) is 10.7 Å². The van der Waals surface area contributed by atoms with Crippen molar-refractivity contribution in [3.05, 3.63) is 53.1 Å². The Bertz CT molecular complexity index is 1090. The average molecular weight is 370 g/mol. The number of nitrogens with one attached hydrogen (secondary N) is 1. The van der Waals surface area contributed by atoms with Crippen LogP contribution in [0.15, 0.2) is 46.0 Å².